The van der Waals surface area contributed by atoms with E-state index < -0.39 is 60.1 Å². The fourth-order valence-electron chi connectivity index (χ4n) is 4.65. The van der Waals surface area contributed by atoms with E-state index in [1.807, 2.05) is 12.1 Å². The fourth-order valence-corrected chi connectivity index (χ4v) is 4.65. The summed E-state index contributed by atoms with van der Waals surface area (Å²) >= 11 is 0. The minimum absolute atomic E-state index is 0.0494. The van der Waals surface area contributed by atoms with Crippen molar-refractivity contribution < 1.29 is 76.5 Å². The third kappa shape index (κ3) is 10.9. The lowest BCUT2D eigenvalue weighted by atomic mass is 9.94. The molecule has 0 aromatic heterocycles. The van der Waals surface area contributed by atoms with Gasteiger partial charge in [0.15, 0.2) is 6.61 Å². The normalized spacial score (nSPS) is 12.5. The molecule has 0 bridgehead atoms. The van der Waals surface area contributed by atoms with E-state index in [4.69, 9.17) is 9.47 Å². The van der Waals surface area contributed by atoms with Gasteiger partial charge < -0.3 is 14.2 Å². The Morgan fingerprint density at radius 1 is 0.582 bits per heavy atom. The molecule has 0 saturated carbocycles. The zero-order valence-electron chi connectivity index (χ0n) is 28.9. The molecular formula is C38H34F12O5. The zero-order valence-corrected chi connectivity index (χ0v) is 28.9. The van der Waals surface area contributed by atoms with Gasteiger partial charge in [0, 0.05) is 11.1 Å². The maximum Gasteiger partial charge on any atom is 0.384 e. The number of carbonyl (C=O) groups excluding carboxylic acids is 2. The molecule has 3 aromatic rings. The molecule has 0 atom stereocenters. The molecule has 0 aliphatic heterocycles. The number of rotatable bonds is 19. The average molecular weight is 799 g/mol. The van der Waals surface area contributed by atoms with Gasteiger partial charge in [-0.05, 0) is 79.2 Å². The van der Waals surface area contributed by atoms with Crippen LogP contribution in [0, 0.1) is 11.8 Å². The van der Waals surface area contributed by atoms with Crippen LogP contribution >= 0.6 is 0 Å². The second kappa shape index (κ2) is 18.6. The van der Waals surface area contributed by atoms with Gasteiger partial charge in [-0.25, -0.2) is 18.4 Å². The quantitative estimate of drug-likeness (QED) is 0.0397. The third-order valence-electron chi connectivity index (χ3n) is 7.97. The minimum atomic E-state index is -7.75. The molecule has 0 saturated heterocycles. The number of hydrogen-bond acceptors (Lipinski definition) is 5. The number of alkyl halides is 12. The van der Waals surface area contributed by atoms with Crippen molar-refractivity contribution in [2.24, 2.45) is 0 Å². The van der Waals surface area contributed by atoms with Crippen LogP contribution in [0.1, 0.15) is 83.7 Å². The number of unbranched alkanes of at least 4 members (excludes halogenated alkanes) is 6. The van der Waals surface area contributed by atoms with Gasteiger partial charge in [0.05, 0.1) is 17.7 Å². The van der Waals surface area contributed by atoms with E-state index in [0.29, 0.717) is 17.7 Å². The summed E-state index contributed by atoms with van der Waals surface area (Å²) in [6.07, 6.45) is 2.60. The first-order valence-corrected chi connectivity index (χ1v) is 16.7. The predicted molar refractivity (Wildman–Crippen MR) is 175 cm³/mol. The van der Waals surface area contributed by atoms with Crippen molar-refractivity contribution in [3.05, 3.63) is 95.1 Å². The summed E-state index contributed by atoms with van der Waals surface area (Å²) in [5.41, 5.74) is 0.583. The highest BCUT2D eigenvalue weighted by Gasteiger charge is 2.87. The maximum absolute atomic E-state index is 14.0. The van der Waals surface area contributed by atoms with Gasteiger partial charge in [0.2, 0.25) is 0 Å². The Morgan fingerprint density at radius 3 is 1.56 bits per heavy atom. The number of halogens is 12. The van der Waals surface area contributed by atoms with Gasteiger partial charge in [0.25, 0.3) is 0 Å². The number of ether oxygens (including phenoxy) is 3. The van der Waals surface area contributed by atoms with E-state index in [0.717, 1.165) is 42.9 Å². The molecule has 3 aromatic carbocycles. The van der Waals surface area contributed by atoms with Gasteiger partial charge in [-0.15, -0.1) is 0 Å². The molecule has 0 N–H and O–H groups in total. The Balaban J connectivity index is 1.52. The van der Waals surface area contributed by atoms with E-state index in [9.17, 15) is 62.3 Å². The molecule has 0 aliphatic rings. The second-order valence-electron chi connectivity index (χ2n) is 12.2. The van der Waals surface area contributed by atoms with E-state index in [2.05, 4.69) is 23.5 Å². The molecule has 3 rings (SSSR count). The molecule has 0 aliphatic carbocycles. The van der Waals surface area contributed by atoms with E-state index >= 15 is 0 Å². The Kier molecular flexibility index (Phi) is 15.1. The van der Waals surface area contributed by atoms with Crippen LogP contribution in [-0.2, 0) is 4.74 Å². The zero-order chi connectivity index (χ0) is 41.1. The average Bonchev–Trinajstić information content (AvgIpc) is 3.14. The Labute approximate surface area is 307 Å². The predicted octanol–water partition coefficient (Wildman–Crippen LogP) is 11.0. The van der Waals surface area contributed by atoms with E-state index in [-0.39, 0.29) is 11.3 Å². The monoisotopic (exact) mass is 798 g/mol. The number of esters is 2. The third-order valence-corrected chi connectivity index (χ3v) is 7.97. The van der Waals surface area contributed by atoms with Gasteiger partial charge in [0.1, 0.15) is 11.5 Å². The molecule has 55 heavy (non-hydrogen) atoms. The van der Waals surface area contributed by atoms with Crippen LogP contribution in [-0.4, -0.2) is 61.2 Å². The van der Waals surface area contributed by atoms with Crippen molar-refractivity contribution in [2.75, 3.05) is 13.2 Å². The molecule has 17 heteroatoms. The minimum Gasteiger partial charge on any atom is -0.494 e. The highest BCUT2D eigenvalue weighted by atomic mass is 19.4. The van der Waals surface area contributed by atoms with Crippen LogP contribution < -0.4 is 9.47 Å². The lowest BCUT2D eigenvalue weighted by Gasteiger charge is -2.38. The van der Waals surface area contributed by atoms with Crippen molar-refractivity contribution in [2.45, 2.75) is 87.9 Å². The fraction of sp³-hybridized carbons (Fsp3) is 0.421. The van der Waals surface area contributed by atoms with Crippen molar-refractivity contribution >= 4 is 11.9 Å². The smallest absolute Gasteiger partial charge is 0.384 e. The Bertz CT molecular complexity index is 1770. The van der Waals surface area contributed by atoms with E-state index in [1.165, 1.54) is 56.4 Å². The molecule has 0 unspecified atom stereocenters. The van der Waals surface area contributed by atoms with Crippen LogP contribution in [0.4, 0.5) is 52.7 Å². The molecule has 0 heterocycles. The summed E-state index contributed by atoms with van der Waals surface area (Å²) in [4.78, 5) is 24.6. The van der Waals surface area contributed by atoms with Crippen LogP contribution in [0.15, 0.2) is 72.8 Å². The topological polar surface area (TPSA) is 61.8 Å². The highest BCUT2D eigenvalue weighted by molar-refractivity contribution is 5.92. The van der Waals surface area contributed by atoms with Crippen molar-refractivity contribution in [1.82, 2.24) is 0 Å². The SMILES string of the molecule is CCCCCCCCCOc1ccc(C#Cc2ccc(C(=O)Oc3ccc(C(=O)OCC(F)(F)C(F)(F)C(F)(F)C(F)(F)C(F)(F)C(F)F)cc3)cc2)cc1. The molecule has 5 nitrogen and oxygen atoms in total. The first-order valence-electron chi connectivity index (χ1n) is 16.7. The van der Waals surface area contributed by atoms with Crippen LogP contribution in [0.2, 0.25) is 0 Å². The van der Waals surface area contributed by atoms with Gasteiger partial charge >= 0.3 is 48.0 Å². The second-order valence-corrected chi connectivity index (χ2v) is 12.2. The number of hydrogen-bond donors (Lipinski definition) is 0. The van der Waals surface area contributed by atoms with Crippen molar-refractivity contribution in [3.8, 4) is 23.3 Å². The molecule has 300 valence electrons. The van der Waals surface area contributed by atoms with Crippen LogP contribution in [0.25, 0.3) is 0 Å². The van der Waals surface area contributed by atoms with E-state index in [1.54, 1.807) is 12.1 Å². The van der Waals surface area contributed by atoms with Crippen LogP contribution in [0.5, 0.6) is 11.5 Å². The summed E-state index contributed by atoms with van der Waals surface area (Å²) in [6.45, 7) is -0.251. The molecule has 0 radical (unpaired) electrons. The molecular weight excluding hydrogens is 764 g/mol. The lowest BCUT2D eigenvalue weighted by molar-refractivity contribution is -0.414. The summed E-state index contributed by atoms with van der Waals surface area (Å²) < 4.78 is 175. The van der Waals surface area contributed by atoms with Gasteiger partial charge in [-0.3, -0.25) is 0 Å². The molecule has 0 spiro atoms. The standard InChI is InChI=1S/C38H34F12O5/c1-2-3-4-5-6-7-8-23-53-29-19-13-26(14-20-29)10-9-25-11-15-28(16-12-25)32(52)55-30-21-17-27(18-22-30)31(51)54-24-34(41,42)36(45,46)38(49,50)37(47,48)35(43,44)33(39)40/h11-22,33H,2-8,23-24H2,1H3. The maximum atomic E-state index is 14.0. The lowest BCUT2D eigenvalue weighted by Crippen LogP contribution is -2.69. The first-order chi connectivity index (χ1) is 25.7. The Hall–Kier alpha value is -4.88. The Morgan fingerprint density at radius 2 is 1.04 bits per heavy atom. The summed E-state index contributed by atoms with van der Waals surface area (Å²) in [5, 5.41) is 0. The van der Waals surface area contributed by atoms with Crippen molar-refractivity contribution in [1.29, 1.82) is 0 Å². The van der Waals surface area contributed by atoms with Gasteiger partial charge in [-0.1, -0.05) is 57.3 Å². The summed E-state index contributed by atoms with van der Waals surface area (Å²) in [7, 11) is 0. The summed E-state index contributed by atoms with van der Waals surface area (Å²) in [6, 6.07) is 16.4. The van der Waals surface area contributed by atoms with Crippen LogP contribution in [0.3, 0.4) is 0 Å². The molecule has 0 fully saturated rings. The number of carbonyl (C=O) groups is 2. The first kappa shape index (κ1) is 44.5. The largest absolute Gasteiger partial charge is 0.494 e. The molecule has 0 amide bonds. The highest BCUT2D eigenvalue weighted by Crippen LogP contribution is 2.58. The summed E-state index contributed by atoms with van der Waals surface area (Å²) in [5.74, 6) is -32.8. The number of benzene rings is 3. The van der Waals surface area contributed by atoms with Gasteiger partial charge in [-0.2, -0.15) is 43.9 Å². The van der Waals surface area contributed by atoms with Crippen molar-refractivity contribution in [3.63, 3.8) is 0 Å².